The van der Waals surface area contributed by atoms with E-state index in [-0.39, 0.29) is 16.0 Å². The van der Waals surface area contributed by atoms with Crippen molar-refractivity contribution < 1.29 is 4.92 Å². The number of nitro groups is 1. The first-order chi connectivity index (χ1) is 7.62. The van der Waals surface area contributed by atoms with Gasteiger partial charge in [0.15, 0.2) is 0 Å². The van der Waals surface area contributed by atoms with E-state index in [9.17, 15) is 10.1 Å². The zero-order valence-corrected chi connectivity index (χ0v) is 9.35. The van der Waals surface area contributed by atoms with Crippen molar-refractivity contribution >= 4 is 5.69 Å². The van der Waals surface area contributed by atoms with Crippen molar-refractivity contribution in [1.29, 1.82) is 0 Å². The molecule has 1 aromatic carbocycles. The smallest absolute Gasteiger partial charge is 0.258 e. The minimum Gasteiger partial charge on any atom is -0.258 e. The molecule has 0 radical (unpaired) electrons. The van der Waals surface area contributed by atoms with Gasteiger partial charge < -0.3 is 0 Å². The van der Waals surface area contributed by atoms with Crippen molar-refractivity contribution in [3.63, 3.8) is 0 Å². The summed E-state index contributed by atoms with van der Waals surface area (Å²) in [5.41, 5.74) is 1.18. The molecule has 0 bridgehead atoms. The first-order valence-electron chi connectivity index (χ1n) is 5.54. The molecular formula is C13H15NO2. The van der Waals surface area contributed by atoms with Gasteiger partial charge in [-0.25, -0.2) is 0 Å². The molecule has 1 atom stereocenters. The first-order valence-corrected chi connectivity index (χ1v) is 5.54. The second kappa shape index (κ2) is 4.08. The lowest BCUT2D eigenvalue weighted by molar-refractivity contribution is -0.385. The number of allylic oxidation sites excluding steroid dienone is 2. The average Bonchev–Trinajstić information content (AvgIpc) is 2.30. The van der Waals surface area contributed by atoms with Crippen LogP contribution in [-0.4, -0.2) is 4.92 Å². The van der Waals surface area contributed by atoms with Gasteiger partial charge >= 0.3 is 0 Å². The van der Waals surface area contributed by atoms with Crippen LogP contribution in [0.5, 0.6) is 0 Å². The lowest BCUT2D eigenvalue weighted by atomic mass is 9.75. The SMILES string of the molecule is C[C@]1(c2cccc([N+](=O)[O-])c2)C=CCCC1. The number of non-ortho nitro benzene ring substituents is 1. The average molecular weight is 217 g/mol. The Labute approximate surface area is 94.9 Å². The van der Waals surface area contributed by atoms with Crippen molar-refractivity contribution in [3.05, 3.63) is 52.1 Å². The van der Waals surface area contributed by atoms with Gasteiger partial charge in [-0.2, -0.15) is 0 Å². The largest absolute Gasteiger partial charge is 0.269 e. The molecule has 1 aromatic rings. The molecule has 84 valence electrons. The topological polar surface area (TPSA) is 43.1 Å². The minimum atomic E-state index is -0.334. The number of hydrogen-bond donors (Lipinski definition) is 0. The third kappa shape index (κ3) is 1.98. The van der Waals surface area contributed by atoms with Crippen LogP contribution in [0.4, 0.5) is 5.69 Å². The number of hydrogen-bond acceptors (Lipinski definition) is 2. The van der Waals surface area contributed by atoms with Gasteiger partial charge in [0.25, 0.3) is 5.69 Å². The molecule has 1 aliphatic carbocycles. The molecule has 1 aliphatic rings. The van der Waals surface area contributed by atoms with E-state index in [1.54, 1.807) is 18.2 Å². The molecule has 0 fully saturated rings. The predicted octanol–water partition coefficient (Wildman–Crippen LogP) is 3.59. The summed E-state index contributed by atoms with van der Waals surface area (Å²) in [6, 6.07) is 6.97. The highest BCUT2D eigenvalue weighted by Gasteiger charge is 2.26. The molecule has 0 saturated carbocycles. The van der Waals surface area contributed by atoms with Crippen LogP contribution in [0.1, 0.15) is 31.7 Å². The summed E-state index contributed by atoms with van der Waals surface area (Å²) < 4.78 is 0. The van der Waals surface area contributed by atoms with Crippen molar-refractivity contribution in [2.24, 2.45) is 0 Å². The number of nitro benzene ring substituents is 1. The second-order valence-corrected chi connectivity index (χ2v) is 4.52. The molecule has 16 heavy (non-hydrogen) atoms. The molecule has 0 heterocycles. The Balaban J connectivity index is 2.39. The van der Waals surface area contributed by atoms with Crippen molar-refractivity contribution in [3.8, 4) is 0 Å². The van der Waals surface area contributed by atoms with E-state index in [1.165, 1.54) is 0 Å². The minimum absolute atomic E-state index is 0.0374. The Kier molecular flexibility index (Phi) is 2.77. The van der Waals surface area contributed by atoms with Crippen LogP contribution in [0, 0.1) is 10.1 Å². The fourth-order valence-corrected chi connectivity index (χ4v) is 2.23. The Hall–Kier alpha value is -1.64. The van der Waals surface area contributed by atoms with E-state index in [2.05, 4.69) is 19.1 Å². The van der Waals surface area contributed by atoms with Gasteiger partial charge in [-0.15, -0.1) is 0 Å². The highest BCUT2D eigenvalue weighted by molar-refractivity contribution is 5.40. The standard InChI is InChI=1S/C13H15NO2/c1-13(8-3-2-4-9-13)11-6-5-7-12(10-11)14(15)16/h3,5-8,10H,2,4,9H2,1H3/t13-/m0/s1. The maximum atomic E-state index is 10.7. The summed E-state index contributed by atoms with van der Waals surface area (Å²) in [7, 11) is 0. The zero-order valence-electron chi connectivity index (χ0n) is 9.35. The van der Waals surface area contributed by atoms with E-state index in [0.29, 0.717) is 0 Å². The number of rotatable bonds is 2. The summed E-state index contributed by atoms with van der Waals surface area (Å²) in [5, 5.41) is 10.7. The molecular weight excluding hydrogens is 202 g/mol. The fraction of sp³-hybridized carbons (Fsp3) is 0.385. The van der Waals surface area contributed by atoms with E-state index < -0.39 is 0 Å². The normalized spacial score (nSPS) is 24.3. The lowest BCUT2D eigenvalue weighted by Gasteiger charge is -2.29. The van der Waals surface area contributed by atoms with Crippen molar-refractivity contribution in [1.82, 2.24) is 0 Å². The molecule has 0 amide bonds. The van der Waals surface area contributed by atoms with Crippen molar-refractivity contribution in [2.45, 2.75) is 31.6 Å². The summed E-state index contributed by atoms with van der Waals surface area (Å²) in [4.78, 5) is 10.4. The van der Waals surface area contributed by atoms with Gasteiger partial charge in [-0.3, -0.25) is 10.1 Å². The quantitative estimate of drug-likeness (QED) is 0.431. The van der Waals surface area contributed by atoms with Crippen LogP contribution in [-0.2, 0) is 5.41 Å². The maximum Gasteiger partial charge on any atom is 0.269 e. The van der Waals surface area contributed by atoms with Gasteiger partial charge in [0.05, 0.1) is 4.92 Å². The number of nitrogens with zero attached hydrogens (tertiary/aromatic N) is 1. The molecule has 2 rings (SSSR count). The summed E-state index contributed by atoms with van der Waals surface area (Å²) in [6.07, 6.45) is 7.67. The van der Waals surface area contributed by atoms with Crippen LogP contribution in [0.15, 0.2) is 36.4 Å². The zero-order chi connectivity index (χ0) is 11.6. The molecule has 0 saturated heterocycles. The molecule has 3 nitrogen and oxygen atoms in total. The highest BCUT2D eigenvalue weighted by atomic mass is 16.6. The van der Waals surface area contributed by atoms with Crippen LogP contribution < -0.4 is 0 Å². The van der Waals surface area contributed by atoms with Crippen LogP contribution in [0.25, 0.3) is 0 Å². The molecule has 0 spiro atoms. The second-order valence-electron chi connectivity index (χ2n) is 4.52. The monoisotopic (exact) mass is 217 g/mol. The summed E-state index contributed by atoms with van der Waals surface area (Å²) in [6.45, 7) is 2.14. The van der Waals surface area contributed by atoms with Gasteiger partial charge in [-0.05, 0) is 24.8 Å². The van der Waals surface area contributed by atoms with Crippen LogP contribution >= 0.6 is 0 Å². The number of benzene rings is 1. The Morgan fingerprint density at radius 2 is 2.25 bits per heavy atom. The molecule has 0 unspecified atom stereocenters. The third-order valence-corrected chi connectivity index (χ3v) is 3.27. The van der Waals surface area contributed by atoms with Gasteiger partial charge in [-0.1, -0.05) is 31.2 Å². The van der Waals surface area contributed by atoms with Gasteiger partial charge in [0, 0.05) is 17.5 Å². The maximum absolute atomic E-state index is 10.7. The molecule has 3 heteroatoms. The van der Waals surface area contributed by atoms with Gasteiger partial charge in [0.1, 0.15) is 0 Å². The van der Waals surface area contributed by atoms with Crippen LogP contribution in [0.2, 0.25) is 0 Å². The van der Waals surface area contributed by atoms with E-state index >= 15 is 0 Å². The van der Waals surface area contributed by atoms with E-state index in [4.69, 9.17) is 0 Å². The Morgan fingerprint density at radius 1 is 1.44 bits per heavy atom. The Bertz CT molecular complexity index is 439. The van der Waals surface area contributed by atoms with Gasteiger partial charge in [0.2, 0.25) is 0 Å². The predicted molar refractivity (Wildman–Crippen MR) is 63.4 cm³/mol. The van der Waals surface area contributed by atoms with Crippen LogP contribution in [0.3, 0.4) is 0 Å². The van der Waals surface area contributed by atoms with Crippen molar-refractivity contribution in [2.75, 3.05) is 0 Å². The lowest BCUT2D eigenvalue weighted by Crippen LogP contribution is -2.21. The molecule has 0 aliphatic heterocycles. The Morgan fingerprint density at radius 3 is 2.88 bits per heavy atom. The van der Waals surface area contributed by atoms with E-state index in [1.807, 2.05) is 6.07 Å². The third-order valence-electron chi connectivity index (χ3n) is 3.27. The molecule has 0 aromatic heterocycles. The van der Waals surface area contributed by atoms with E-state index in [0.717, 1.165) is 24.8 Å². The first kappa shape index (κ1) is 10.9. The molecule has 0 N–H and O–H groups in total. The highest BCUT2D eigenvalue weighted by Crippen LogP contribution is 2.35. The fourth-order valence-electron chi connectivity index (χ4n) is 2.23. The summed E-state index contributed by atoms with van der Waals surface area (Å²) >= 11 is 0. The summed E-state index contributed by atoms with van der Waals surface area (Å²) in [5.74, 6) is 0.